The summed E-state index contributed by atoms with van der Waals surface area (Å²) >= 11 is 0. The number of anilines is 2. The highest BCUT2D eigenvalue weighted by atomic mass is 19.1. The van der Waals surface area contributed by atoms with E-state index in [1.807, 2.05) is 31.2 Å². The summed E-state index contributed by atoms with van der Waals surface area (Å²) in [6, 6.07) is 19.8. The standard InChI is InChI=1S/C30H20FN3O5/c1-16-6-5-7-18(12-16)15-33-22-9-4-3-8-21(22)30(29(33)37)25-26(35)20-14-19(31)10-11-23(20)38-27(25)28(36)34(30)24-13-17(2)39-32-24/h3-14H,15H2,1-2H3. The van der Waals surface area contributed by atoms with Gasteiger partial charge in [-0.3, -0.25) is 19.3 Å². The number of fused-ring (bicyclic) bond motifs is 5. The number of halogens is 1. The molecule has 0 radical (unpaired) electrons. The molecule has 8 nitrogen and oxygen atoms in total. The van der Waals surface area contributed by atoms with Gasteiger partial charge in [-0.15, -0.1) is 0 Å². The van der Waals surface area contributed by atoms with E-state index in [9.17, 15) is 18.8 Å². The summed E-state index contributed by atoms with van der Waals surface area (Å²) in [6.45, 7) is 3.81. The largest absolute Gasteiger partial charge is 0.450 e. The van der Waals surface area contributed by atoms with Crippen molar-refractivity contribution < 1.29 is 22.9 Å². The van der Waals surface area contributed by atoms with Gasteiger partial charge in [0, 0.05) is 11.6 Å². The van der Waals surface area contributed by atoms with E-state index in [0.717, 1.165) is 23.3 Å². The van der Waals surface area contributed by atoms with Crippen molar-refractivity contribution in [1.82, 2.24) is 5.16 Å². The van der Waals surface area contributed by atoms with E-state index in [2.05, 4.69) is 5.16 Å². The third-order valence-corrected chi connectivity index (χ3v) is 7.35. The molecule has 0 N–H and O–H groups in total. The van der Waals surface area contributed by atoms with Gasteiger partial charge >= 0.3 is 0 Å². The van der Waals surface area contributed by atoms with Gasteiger partial charge in [0.05, 0.1) is 23.2 Å². The zero-order valence-electron chi connectivity index (χ0n) is 20.9. The highest BCUT2D eigenvalue weighted by Crippen LogP contribution is 2.54. The molecule has 2 aromatic heterocycles. The summed E-state index contributed by atoms with van der Waals surface area (Å²) in [5.74, 6) is -1.72. The predicted molar refractivity (Wildman–Crippen MR) is 140 cm³/mol. The molecule has 0 saturated heterocycles. The number of carbonyl (C=O) groups is 2. The van der Waals surface area contributed by atoms with Crippen molar-refractivity contribution in [2.45, 2.75) is 25.9 Å². The highest BCUT2D eigenvalue weighted by Gasteiger charge is 2.66. The van der Waals surface area contributed by atoms with Crippen molar-refractivity contribution in [2.75, 3.05) is 9.80 Å². The topological polar surface area (TPSA) is 96.9 Å². The average molecular weight is 522 g/mol. The van der Waals surface area contributed by atoms with Gasteiger partial charge in [-0.05, 0) is 43.7 Å². The van der Waals surface area contributed by atoms with Crippen molar-refractivity contribution >= 4 is 34.3 Å². The lowest BCUT2D eigenvalue weighted by molar-refractivity contribution is -0.121. The molecule has 1 atom stereocenters. The van der Waals surface area contributed by atoms with Crippen LogP contribution in [0.2, 0.25) is 0 Å². The van der Waals surface area contributed by atoms with Crippen molar-refractivity contribution in [3.63, 3.8) is 0 Å². The van der Waals surface area contributed by atoms with Crippen LogP contribution in [0.3, 0.4) is 0 Å². The minimum atomic E-state index is -1.93. The third kappa shape index (κ3) is 3.04. The summed E-state index contributed by atoms with van der Waals surface area (Å²) in [7, 11) is 0. The lowest BCUT2D eigenvalue weighted by Crippen LogP contribution is -2.53. The molecule has 4 heterocycles. The van der Waals surface area contributed by atoms with Gasteiger partial charge in [0.1, 0.15) is 17.2 Å². The first kappa shape index (κ1) is 23.1. The van der Waals surface area contributed by atoms with Crippen LogP contribution in [0.25, 0.3) is 11.0 Å². The number of aromatic nitrogens is 1. The third-order valence-electron chi connectivity index (χ3n) is 7.35. The molecule has 2 amide bonds. The van der Waals surface area contributed by atoms with E-state index in [4.69, 9.17) is 8.94 Å². The maximum atomic E-state index is 14.7. The van der Waals surface area contributed by atoms with Gasteiger partial charge in [0.15, 0.2) is 16.8 Å². The molecule has 1 unspecified atom stereocenters. The second-order valence-electron chi connectivity index (χ2n) is 9.82. The molecule has 2 aliphatic rings. The fraction of sp³-hybridized carbons (Fsp3) is 0.133. The molecule has 3 aromatic carbocycles. The second-order valence-corrected chi connectivity index (χ2v) is 9.82. The summed E-state index contributed by atoms with van der Waals surface area (Å²) in [6.07, 6.45) is 0. The normalized spacial score (nSPS) is 17.9. The maximum Gasteiger partial charge on any atom is 0.297 e. The lowest BCUT2D eigenvalue weighted by Gasteiger charge is -2.32. The van der Waals surface area contributed by atoms with Crippen LogP contribution in [-0.2, 0) is 16.9 Å². The van der Waals surface area contributed by atoms with Crippen molar-refractivity contribution in [1.29, 1.82) is 0 Å². The Morgan fingerprint density at radius 2 is 1.77 bits per heavy atom. The number of amides is 2. The molecule has 0 bridgehead atoms. The van der Waals surface area contributed by atoms with Gasteiger partial charge in [-0.1, -0.05) is 53.2 Å². The molecule has 0 aliphatic carbocycles. The average Bonchev–Trinajstić information content (AvgIpc) is 3.53. The smallest absolute Gasteiger partial charge is 0.297 e. The van der Waals surface area contributed by atoms with Crippen LogP contribution in [0.5, 0.6) is 0 Å². The predicted octanol–water partition coefficient (Wildman–Crippen LogP) is 4.99. The van der Waals surface area contributed by atoms with Gasteiger partial charge in [0.25, 0.3) is 11.8 Å². The zero-order valence-corrected chi connectivity index (χ0v) is 20.9. The fourth-order valence-corrected chi connectivity index (χ4v) is 5.79. The zero-order chi connectivity index (χ0) is 27.1. The van der Waals surface area contributed by atoms with Crippen molar-refractivity contribution in [3.05, 3.63) is 123 Å². The molecule has 0 fully saturated rings. The fourth-order valence-electron chi connectivity index (χ4n) is 5.79. The first-order valence-electron chi connectivity index (χ1n) is 12.3. The number of para-hydroxylation sites is 1. The highest BCUT2D eigenvalue weighted by molar-refractivity contribution is 6.24. The summed E-state index contributed by atoms with van der Waals surface area (Å²) in [5, 5.41) is 3.98. The Kier molecular flexibility index (Phi) is 4.72. The number of hydrogen-bond donors (Lipinski definition) is 0. The van der Waals surface area contributed by atoms with Crippen LogP contribution < -0.4 is 15.2 Å². The van der Waals surface area contributed by atoms with E-state index in [0.29, 0.717) is 17.0 Å². The number of benzene rings is 3. The molecule has 9 heteroatoms. The van der Waals surface area contributed by atoms with Crippen LogP contribution in [0.1, 0.15) is 38.6 Å². The molecular formula is C30H20FN3O5. The number of nitrogens with zero attached hydrogens (tertiary/aromatic N) is 3. The molecule has 1 spiro atoms. The van der Waals surface area contributed by atoms with E-state index in [1.165, 1.54) is 17.0 Å². The van der Waals surface area contributed by atoms with Crippen molar-refractivity contribution in [2.24, 2.45) is 0 Å². The summed E-state index contributed by atoms with van der Waals surface area (Å²) in [4.78, 5) is 45.6. The number of aryl methyl sites for hydroxylation is 2. The van der Waals surface area contributed by atoms with E-state index in [-0.39, 0.29) is 34.7 Å². The minimum Gasteiger partial charge on any atom is -0.450 e. The number of hydrogen-bond acceptors (Lipinski definition) is 6. The number of rotatable bonds is 3. The SMILES string of the molecule is Cc1cccc(CN2C(=O)C3(c4ccccc42)c2c(oc4ccc(F)cc4c2=O)C(=O)N3c2cc(C)on2)c1. The molecular weight excluding hydrogens is 501 g/mol. The Hall–Kier alpha value is -5.05. The van der Waals surface area contributed by atoms with Crippen LogP contribution in [0, 0.1) is 19.7 Å². The Balaban J connectivity index is 1.56. The molecule has 2 aliphatic heterocycles. The van der Waals surface area contributed by atoms with E-state index >= 15 is 0 Å². The Morgan fingerprint density at radius 3 is 2.54 bits per heavy atom. The summed E-state index contributed by atoms with van der Waals surface area (Å²) < 4.78 is 25.5. The first-order chi connectivity index (χ1) is 18.8. The van der Waals surface area contributed by atoms with Crippen LogP contribution in [-0.4, -0.2) is 17.0 Å². The monoisotopic (exact) mass is 521 g/mol. The van der Waals surface area contributed by atoms with Crippen LogP contribution >= 0.6 is 0 Å². The van der Waals surface area contributed by atoms with Gasteiger partial charge in [-0.2, -0.15) is 0 Å². The van der Waals surface area contributed by atoms with Crippen LogP contribution in [0.15, 0.2) is 86.5 Å². The minimum absolute atomic E-state index is 0.0391. The van der Waals surface area contributed by atoms with Crippen molar-refractivity contribution in [3.8, 4) is 0 Å². The van der Waals surface area contributed by atoms with Gasteiger partial charge < -0.3 is 13.8 Å². The lowest BCUT2D eigenvalue weighted by atomic mass is 9.84. The van der Waals surface area contributed by atoms with Gasteiger partial charge in [0.2, 0.25) is 5.76 Å². The molecule has 7 rings (SSSR count). The maximum absolute atomic E-state index is 14.7. The van der Waals surface area contributed by atoms with E-state index < -0.39 is 28.6 Å². The first-order valence-corrected chi connectivity index (χ1v) is 12.3. The quantitative estimate of drug-likeness (QED) is 0.332. The summed E-state index contributed by atoms with van der Waals surface area (Å²) in [5.41, 5.74) is 0.118. The number of carbonyl (C=O) groups excluding carboxylic acids is 2. The Labute approximate surface area is 220 Å². The van der Waals surface area contributed by atoms with E-state index in [1.54, 1.807) is 36.1 Å². The molecule has 0 saturated carbocycles. The van der Waals surface area contributed by atoms with Crippen LogP contribution in [0.4, 0.5) is 15.9 Å². The second kappa shape index (κ2) is 7.97. The molecule has 192 valence electrons. The Bertz CT molecular complexity index is 1930. The van der Waals surface area contributed by atoms with Gasteiger partial charge in [-0.25, -0.2) is 4.39 Å². The Morgan fingerprint density at radius 1 is 0.949 bits per heavy atom. The molecule has 39 heavy (non-hydrogen) atoms. The molecule has 5 aromatic rings.